The molecule has 0 aliphatic heterocycles. The van der Waals surface area contributed by atoms with Crippen LogP contribution in [0.25, 0.3) is 5.65 Å². The minimum absolute atomic E-state index is 0.0764. The lowest BCUT2D eigenvalue weighted by Crippen LogP contribution is -2.10. The molecule has 0 unspecified atom stereocenters. The Morgan fingerprint density at radius 1 is 1.32 bits per heavy atom. The SMILES string of the molecule is COc1ccc(C(=O)c2c(C)nc3ccc(Cl)nn23)c(F)c1. The third-order valence-corrected chi connectivity index (χ3v) is 3.46. The first-order valence-electron chi connectivity index (χ1n) is 6.41. The van der Waals surface area contributed by atoms with Crippen molar-refractivity contribution in [3.05, 3.63) is 58.3 Å². The summed E-state index contributed by atoms with van der Waals surface area (Å²) in [6, 6.07) is 7.27. The van der Waals surface area contributed by atoms with E-state index in [1.54, 1.807) is 19.1 Å². The first kappa shape index (κ1) is 14.5. The van der Waals surface area contributed by atoms with Crippen molar-refractivity contribution in [2.24, 2.45) is 0 Å². The molecule has 3 rings (SSSR count). The van der Waals surface area contributed by atoms with E-state index in [1.165, 1.54) is 23.8 Å². The fraction of sp³-hybridized carbons (Fsp3) is 0.133. The molecule has 0 aliphatic rings. The van der Waals surface area contributed by atoms with Crippen LogP contribution in [0.4, 0.5) is 4.39 Å². The lowest BCUT2D eigenvalue weighted by atomic mass is 10.1. The van der Waals surface area contributed by atoms with Crippen LogP contribution in [0.5, 0.6) is 5.75 Å². The van der Waals surface area contributed by atoms with Crippen LogP contribution in [0.3, 0.4) is 0 Å². The molecular weight excluding hydrogens is 309 g/mol. The van der Waals surface area contributed by atoms with Crippen LogP contribution in [0.1, 0.15) is 21.7 Å². The number of aryl methyl sites for hydroxylation is 1. The molecule has 0 bridgehead atoms. The number of benzene rings is 1. The van der Waals surface area contributed by atoms with Gasteiger partial charge in [-0.1, -0.05) is 11.6 Å². The van der Waals surface area contributed by atoms with Crippen molar-refractivity contribution < 1.29 is 13.9 Å². The summed E-state index contributed by atoms with van der Waals surface area (Å²) < 4.78 is 20.4. The minimum Gasteiger partial charge on any atom is -0.497 e. The standard InChI is InChI=1S/C15H11ClFN3O2/c1-8-14(20-13(18-8)6-5-12(16)19-20)15(21)10-4-3-9(22-2)7-11(10)17/h3-7H,1-2H3. The van der Waals surface area contributed by atoms with Gasteiger partial charge in [0.2, 0.25) is 5.78 Å². The van der Waals surface area contributed by atoms with E-state index in [4.69, 9.17) is 16.3 Å². The Labute approximate surface area is 130 Å². The number of fused-ring (bicyclic) bond motifs is 1. The first-order chi connectivity index (χ1) is 10.5. The molecular formula is C15H11ClFN3O2. The molecule has 0 spiro atoms. The number of imidazole rings is 1. The van der Waals surface area contributed by atoms with E-state index in [2.05, 4.69) is 10.1 Å². The van der Waals surface area contributed by atoms with Gasteiger partial charge in [0.1, 0.15) is 22.4 Å². The van der Waals surface area contributed by atoms with Crippen LogP contribution in [0.15, 0.2) is 30.3 Å². The van der Waals surface area contributed by atoms with Gasteiger partial charge in [-0.15, -0.1) is 0 Å². The van der Waals surface area contributed by atoms with Gasteiger partial charge in [-0.25, -0.2) is 13.9 Å². The molecule has 0 atom stereocenters. The van der Waals surface area contributed by atoms with Gasteiger partial charge in [0.05, 0.1) is 18.4 Å². The van der Waals surface area contributed by atoms with Crippen molar-refractivity contribution in [1.29, 1.82) is 0 Å². The summed E-state index contributed by atoms with van der Waals surface area (Å²) in [6.07, 6.45) is 0. The highest BCUT2D eigenvalue weighted by atomic mass is 35.5. The first-order valence-corrected chi connectivity index (χ1v) is 6.79. The van der Waals surface area contributed by atoms with Crippen molar-refractivity contribution in [3.63, 3.8) is 0 Å². The maximum Gasteiger partial charge on any atom is 0.216 e. The van der Waals surface area contributed by atoms with Gasteiger partial charge in [-0.2, -0.15) is 5.10 Å². The molecule has 0 amide bonds. The van der Waals surface area contributed by atoms with E-state index in [9.17, 15) is 9.18 Å². The van der Waals surface area contributed by atoms with E-state index in [-0.39, 0.29) is 16.4 Å². The van der Waals surface area contributed by atoms with Crippen molar-refractivity contribution in [3.8, 4) is 5.75 Å². The number of ether oxygens (including phenoxy) is 1. The van der Waals surface area contributed by atoms with Gasteiger partial charge in [0, 0.05) is 6.07 Å². The molecule has 112 valence electrons. The largest absolute Gasteiger partial charge is 0.497 e. The average Bonchev–Trinajstić information content (AvgIpc) is 2.81. The molecule has 2 aromatic heterocycles. The summed E-state index contributed by atoms with van der Waals surface area (Å²) in [5.41, 5.74) is 1.03. The van der Waals surface area contributed by atoms with Gasteiger partial charge < -0.3 is 4.74 Å². The number of hydrogen-bond acceptors (Lipinski definition) is 4. The lowest BCUT2D eigenvalue weighted by molar-refractivity contribution is 0.102. The Balaban J connectivity index is 2.17. The van der Waals surface area contributed by atoms with Gasteiger partial charge in [-0.3, -0.25) is 4.79 Å². The lowest BCUT2D eigenvalue weighted by Gasteiger charge is -2.05. The summed E-state index contributed by atoms with van der Waals surface area (Å²) in [5, 5.41) is 4.27. The summed E-state index contributed by atoms with van der Waals surface area (Å²) in [6.45, 7) is 1.66. The molecule has 2 heterocycles. The summed E-state index contributed by atoms with van der Waals surface area (Å²) in [4.78, 5) is 16.9. The molecule has 0 saturated carbocycles. The number of carbonyl (C=O) groups excluding carboxylic acids is 1. The molecule has 0 N–H and O–H groups in total. The van der Waals surface area contributed by atoms with Crippen molar-refractivity contribution in [1.82, 2.24) is 14.6 Å². The van der Waals surface area contributed by atoms with Crippen LogP contribution in [-0.4, -0.2) is 27.5 Å². The predicted molar refractivity (Wildman–Crippen MR) is 79.1 cm³/mol. The molecule has 1 aromatic carbocycles. The summed E-state index contributed by atoms with van der Waals surface area (Å²) in [7, 11) is 1.43. The average molecular weight is 320 g/mol. The van der Waals surface area contributed by atoms with Gasteiger partial charge in [-0.05, 0) is 31.2 Å². The maximum atomic E-state index is 14.1. The highest BCUT2D eigenvalue weighted by Crippen LogP contribution is 2.21. The Morgan fingerprint density at radius 3 is 2.77 bits per heavy atom. The van der Waals surface area contributed by atoms with E-state index in [1.807, 2.05) is 0 Å². The molecule has 5 nitrogen and oxygen atoms in total. The number of hydrogen-bond donors (Lipinski definition) is 0. The van der Waals surface area contributed by atoms with E-state index < -0.39 is 11.6 Å². The quantitative estimate of drug-likeness (QED) is 0.696. The zero-order chi connectivity index (χ0) is 15.9. The van der Waals surface area contributed by atoms with Crippen LogP contribution >= 0.6 is 11.6 Å². The smallest absolute Gasteiger partial charge is 0.216 e. The molecule has 0 radical (unpaired) electrons. The van der Waals surface area contributed by atoms with Crippen LogP contribution in [-0.2, 0) is 0 Å². The van der Waals surface area contributed by atoms with Crippen LogP contribution in [0.2, 0.25) is 5.15 Å². The fourth-order valence-corrected chi connectivity index (χ4v) is 2.35. The summed E-state index contributed by atoms with van der Waals surface area (Å²) >= 11 is 5.86. The second-order valence-corrected chi connectivity index (χ2v) is 5.03. The highest BCUT2D eigenvalue weighted by Gasteiger charge is 2.22. The molecule has 0 fully saturated rings. The van der Waals surface area contributed by atoms with Crippen molar-refractivity contribution >= 4 is 23.0 Å². The second kappa shape index (κ2) is 5.38. The Bertz CT molecular complexity index is 892. The maximum absolute atomic E-state index is 14.1. The molecule has 3 aromatic rings. The third-order valence-electron chi connectivity index (χ3n) is 3.26. The fourth-order valence-electron chi connectivity index (χ4n) is 2.22. The Kier molecular flexibility index (Phi) is 3.54. The van der Waals surface area contributed by atoms with Gasteiger partial charge in [0.25, 0.3) is 0 Å². The van der Waals surface area contributed by atoms with Gasteiger partial charge >= 0.3 is 0 Å². The number of aromatic nitrogens is 3. The van der Waals surface area contributed by atoms with Gasteiger partial charge in [0.15, 0.2) is 5.65 Å². The molecule has 22 heavy (non-hydrogen) atoms. The number of ketones is 1. The Morgan fingerprint density at radius 2 is 2.09 bits per heavy atom. The number of methoxy groups -OCH3 is 1. The van der Waals surface area contributed by atoms with Crippen molar-refractivity contribution in [2.45, 2.75) is 6.92 Å². The summed E-state index contributed by atoms with van der Waals surface area (Å²) in [5.74, 6) is -0.842. The number of halogens is 2. The zero-order valence-corrected chi connectivity index (χ0v) is 12.6. The normalized spacial score (nSPS) is 10.9. The topological polar surface area (TPSA) is 56.5 Å². The third kappa shape index (κ3) is 2.31. The minimum atomic E-state index is -0.666. The second-order valence-electron chi connectivity index (χ2n) is 4.65. The van der Waals surface area contributed by atoms with E-state index >= 15 is 0 Å². The Hall–Kier alpha value is -2.47. The van der Waals surface area contributed by atoms with E-state index in [0.717, 1.165) is 6.07 Å². The zero-order valence-electron chi connectivity index (χ0n) is 11.8. The molecule has 7 heteroatoms. The predicted octanol–water partition coefficient (Wildman–Crippen LogP) is 3.07. The number of rotatable bonds is 3. The van der Waals surface area contributed by atoms with Crippen LogP contribution in [0, 0.1) is 12.7 Å². The monoisotopic (exact) mass is 319 g/mol. The molecule has 0 saturated heterocycles. The van der Waals surface area contributed by atoms with E-state index in [0.29, 0.717) is 17.1 Å². The molecule has 0 aliphatic carbocycles. The number of nitrogens with zero attached hydrogens (tertiary/aromatic N) is 3. The van der Waals surface area contributed by atoms with Crippen molar-refractivity contribution in [2.75, 3.05) is 7.11 Å². The van der Waals surface area contributed by atoms with Crippen LogP contribution < -0.4 is 4.74 Å². The highest BCUT2D eigenvalue weighted by molar-refractivity contribution is 6.29. The number of carbonyl (C=O) groups is 1.